The number of nitrogens with zero attached hydrogens (tertiary/aromatic N) is 5. The highest BCUT2D eigenvalue weighted by Crippen LogP contribution is 2.21. The number of ether oxygens (including phenoxy) is 1. The van der Waals surface area contributed by atoms with Gasteiger partial charge in [0, 0.05) is 37.4 Å². The highest BCUT2D eigenvalue weighted by atomic mass is 16.5. The number of carbonyl (C=O) groups is 1. The summed E-state index contributed by atoms with van der Waals surface area (Å²) in [4.78, 5) is 20.5. The first-order valence-corrected chi connectivity index (χ1v) is 8.74. The van der Waals surface area contributed by atoms with Crippen LogP contribution >= 0.6 is 0 Å². The van der Waals surface area contributed by atoms with Crippen LogP contribution in [-0.2, 0) is 4.74 Å². The zero-order valence-corrected chi connectivity index (χ0v) is 14.9. The average Bonchev–Trinajstić information content (AvgIpc) is 3.25. The summed E-state index contributed by atoms with van der Waals surface area (Å²) in [6, 6.07) is 9.51. The van der Waals surface area contributed by atoms with E-state index in [1.165, 1.54) is 29.5 Å². The number of morpholine rings is 1. The Balaban J connectivity index is 1.46. The fourth-order valence-electron chi connectivity index (χ4n) is 2.90. The average molecular weight is 375 g/mol. The molecule has 9 heteroatoms. The SMILES string of the molecule is N#Cc1nccnc1-n1cc(C(=O)Nc2ccc(C3CNCCO3)cc2)cn1. The standard InChI is InChI=1S/C19H17N7O2/c20-9-16-18(23-6-5-22-16)26-12-14(10-24-26)19(27)25-15-3-1-13(2-4-15)17-11-21-7-8-28-17/h1-6,10,12,17,21H,7-8,11H2,(H,25,27). The Labute approximate surface area is 161 Å². The summed E-state index contributed by atoms with van der Waals surface area (Å²) in [5, 5.41) is 19.4. The first-order valence-electron chi connectivity index (χ1n) is 8.74. The molecule has 1 unspecified atom stereocenters. The molecular formula is C19H17N7O2. The molecule has 1 fully saturated rings. The summed E-state index contributed by atoms with van der Waals surface area (Å²) in [5.74, 6) is -0.0357. The maximum atomic E-state index is 12.5. The van der Waals surface area contributed by atoms with Crippen LogP contribution in [0.3, 0.4) is 0 Å². The van der Waals surface area contributed by atoms with E-state index in [0.29, 0.717) is 17.9 Å². The number of hydrogen-bond acceptors (Lipinski definition) is 7. The van der Waals surface area contributed by atoms with E-state index in [1.807, 2.05) is 30.3 Å². The molecule has 1 atom stereocenters. The molecule has 0 bridgehead atoms. The second-order valence-electron chi connectivity index (χ2n) is 6.15. The molecule has 3 aromatic rings. The molecule has 2 N–H and O–H groups in total. The van der Waals surface area contributed by atoms with Crippen LogP contribution in [0.25, 0.3) is 5.82 Å². The van der Waals surface area contributed by atoms with Gasteiger partial charge in [0.25, 0.3) is 5.91 Å². The molecule has 28 heavy (non-hydrogen) atoms. The van der Waals surface area contributed by atoms with E-state index in [2.05, 4.69) is 25.7 Å². The molecule has 4 rings (SSSR count). The zero-order chi connectivity index (χ0) is 19.3. The summed E-state index contributed by atoms with van der Waals surface area (Å²) < 4.78 is 7.08. The Hall–Kier alpha value is -3.61. The summed E-state index contributed by atoms with van der Waals surface area (Å²) in [7, 11) is 0. The Morgan fingerprint density at radius 1 is 1.29 bits per heavy atom. The number of rotatable bonds is 4. The van der Waals surface area contributed by atoms with Gasteiger partial charge in [0.1, 0.15) is 6.07 Å². The van der Waals surface area contributed by atoms with E-state index in [0.717, 1.165) is 18.7 Å². The van der Waals surface area contributed by atoms with E-state index in [-0.39, 0.29) is 23.5 Å². The largest absolute Gasteiger partial charge is 0.371 e. The van der Waals surface area contributed by atoms with Gasteiger partial charge in [-0.25, -0.2) is 14.6 Å². The van der Waals surface area contributed by atoms with Gasteiger partial charge in [0.2, 0.25) is 0 Å². The first kappa shape index (κ1) is 17.8. The van der Waals surface area contributed by atoms with Crippen LogP contribution in [-0.4, -0.2) is 45.4 Å². The molecule has 0 saturated carbocycles. The smallest absolute Gasteiger partial charge is 0.258 e. The molecule has 3 heterocycles. The van der Waals surface area contributed by atoms with Crippen molar-refractivity contribution in [2.24, 2.45) is 0 Å². The zero-order valence-electron chi connectivity index (χ0n) is 14.9. The topological polar surface area (TPSA) is 118 Å². The molecule has 1 amide bonds. The summed E-state index contributed by atoms with van der Waals surface area (Å²) >= 11 is 0. The molecule has 1 aliphatic rings. The number of nitriles is 1. The minimum Gasteiger partial charge on any atom is -0.371 e. The second-order valence-corrected chi connectivity index (χ2v) is 6.15. The molecule has 0 spiro atoms. The maximum Gasteiger partial charge on any atom is 0.258 e. The van der Waals surface area contributed by atoms with E-state index < -0.39 is 0 Å². The van der Waals surface area contributed by atoms with Crippen LogP contribution in [0.15, 0.2) is 49.1 Å². The van der Waals surface area contributed by atoms with Gasteiger partial charge in [-0.2, -0.15) is 10.4 Å². The molecule has 140 valence electrons. The van der Waals surface area contributed by atoms with E-state index >= 15 is 0 Å². The van der Waals surface area contributed by atoms with Crippen molar-refractivity contribution in [1.29, 1.82) is 5.26 Å². The minimum absolute atomic E-state index is 0.0260. The van der Waals surface area contributed by atoms with Crippen LogP contribution in [0.2, 0.25) is 0 Å². The highest BCUT2D eigenvalue weighted by molar-refractivity contribution is 6.04. The predicted octanol–water partition coefficient (Wildman–Crippen LogP) is 1.45. The fourth-order valence-corrected chi connectivity index (χ4v) is 2.90. The number of nitrogens with one attached hydrogen (secondary N) is 2. The Morgan fingerprint density at radius 2 is 2.11 bits per heavy atom. The van der Waals surface area contributed by atoms with Gasteiger partial charge in [-0.05, 0) is 17.7 Å². The lowest BCUT2D eigenvalue weighted by molar-refractivity contribution is 0.0277. The lowest BCUT2D eigenvalue weighted by Gasteiger charge is -2.24. The molecule has 0 aliphatic carbocycles. The number of anilines is 1. The Morgan fingerprint density at radius 3 is 2.86 bits per heavy atom. The first-order chi connectivity index (χ1) is 13.7. The normalized spacial score (nSPS) is 16.3. The number of amides is 1. The number of carbonyl (C=O) groups excluding carboxylic acids is 1. The molecule has 9 nitrogen and oxygen atoms in total. The van der Waals surface area contributed by atoms with Crippen molar-refractivity contribution >= 4 is 11.6 Å². The monoisotopic (exact) mass is 375 g/mol. The molecular weight excluding hydrogens is 358 g/mol. The third-order valence-corrected chi connectivity index (χ3v) is 4.31. The number of aromatic nitrogens is 4. The van der Waals surface area contributed by atoms with Crippen LogP contribution < -0.4 is 10.6 Å². The van der Waals surface area contributed by atoms with Crippen LogP contribution in [0.1, 0.15) is 27.7 Å². The summed E-state index contributed by atoms with van der Waals surface area (Å²) in [6.45, 7) is 2.33. The second kappa shape index (κ2) is 7.96. The highest BCUT2D eigenvalue weighted by Gasteiger charge is 2.16. The lowest BCUT2D eigenvalue weighted by atomic mass is 10.1. The summed E-state index contributed by atoms with van der Waals surface area (Å²) in [5.41, 5.74) is 2.21. The van der Waals surface area contributed by atoms with Crippen molar-refractivity contribution < 1.29 is 9.53 Å². The van der Waals surface area contributed by atoms with Gasteiger partial charge in [0.15, 0.2) is 11.5 Å². The molecule has 1 saturated heterocycles. The van der Waals surface area contributed by atoms with Crippen LogP contribution in [0.4, 0.5) is 5.69 Å². The third-order valence-electron chi connectivity index (χ3n) is 4.31. The lowest BCUT2D eigenvalue weighted by Crippen LogP contribution is -2.33. The number of benzene rings is 1. The van der Waals surface area contributed by atoms with Crippen molar-refractivity contribution in [3.05, 3.63) is 65.9 Å². The maximum absolute atomic E-state index is 12.5. The summed E-state index contributed by atoms with van der Waals surface area (Å²) in [6.07, 6.45) is 5.84. The molecule has 1 aromatic carbocycles. The van der Waals surface area contributed by atoms with Gasteiger partial charge in [0.05, 0.1) is 24.5 Å². The Kier molecular flexibility index (Phi) is 5.05. The van der Waals surface area contributed by atoms with Crippen molar-refractivity contribution in [1.82, 2.24) is 25.1 Å². The van der Waals surface area contributed by atoms with Crippen molar-refractivity contribution in [2.45, 2.75) is 6.10 Å². The van der Waals surface area contributed by atoms with Crippen molar-refractivity contribution in [2.75, 3.05) is 25.0 Å². The molecule has 2 aromatic heterocycles. The fraction of sp³-hybridized carbons (Fsp3) is 0.211. The quantitative estimate of drug-likeness (QED) is 0.708. The van der Waals surface area contributed by atoms with Gasteiger partial charge in [-0.1, -0.05) is 12.1 Å². The third kappa shape index (κ3) is 3.73. The van der Waals surface area contributed by atoms with Crippen molar-refractivity contribution in [3.63, 3.8) is 0 Å². The van der Waals surface area contributed by atoms with E-state index in [9.17, 15) is 4.79 Å². The number of hydrogen-bond donors (Lipinski definition) is 2. The molecule has 0 radical (unpaired) electrons. The molecule has 1 aliphatic heterocycles. The van der Waals surface area contributed by atoms with E-state index in [4.69, 9.17) is 10.00 Å². The van der Waals surface area contributed by atoms with Gasteiger partial charge < -0.3 is 15.4 Å². The van der Waals surface area contributed by atoms with Gasteiger partial charge in [-0.15, -0.1) is 0 Å². The van der Waals surface area contributed by atoms with Crippen LogP contribution in [0, 0.1) is 11.3 Å². The van der Waals surface area contributed by atoms with Crippen molar-refractivity contribution in [3.8, 4) is 11.9 Å². The minimum atomic E-state index is -0.308. The van der Waals surface area contributed by atoms with E-state index in [1.54, 1.807) is 0 Å². The van der Waals surface area contributed by atoms with Gasteiger partial charge >= 0.3 is 0 Å². The van der Waals surface area contributed by atoms with Gasteiger partial charge in [-0.3, -0.25) is 4.79 Å². The van der Waals surface area contributed by atoms with Crippen LogP contribution in [0.5, 0.6) is 0 Å². The predicted molar refractivity (Wildman–Crippen MR) is 99.8 cm³/mol. The Bertz CT molecular complexity index is 1020.